The van der Waals surface area contributed by atoms with E-state index in [2.05, 4.69) is 36.5 Å². The zero-order valence-electron chi connectivity index (χ0n) is 8.41. The summed E-state index contributed by atoms with van der Waals surface area (Å²) in [6.07, 6.45) is 22.5. The van der Waals surface area contributed by atoms with Gasteiger partial charge in [0.15, 0.2) is 0 Å². The zero-order chi connectivity index (χ0) is 9.19. The smallest absolute Gasteiger partial charge is 0.0169 e. The van der Waals surface area contributed by atoms with Crippen molar-refractivity contribution < 1.29 is 0 Å². The third kappa shape index (κ3) is 6.39. The first-order chi connectivity index (χ1) is 6.50. The van der Waals surface area contributed by atoms with E-state index in [9.17, 15) is 0 Å². The van der Waals surface area contributed by atoms with Crippen molar-refractivity contribution in [2.75, 3.05) is 0 Å². The van der Waals surface area contributed by atoms with E-state index in [4.69, 9.17) is 0 Å². The molecule has 0 aromatic rings. The highest BCUT2D eigenvalue weighted by molar-refractivity contribution is 4.97. The van der Waals surface area contributed by atoms with Gasteiger partial charge in [-0.15, -0.1) is 0 Å². The van der Waals surface area contributed by atoms with Crippen LogP contribution in [-0.2, 0) is 0 Å². The highest BCUT2D eigenvalue weighted by Gasteiger charge is 1.86. The van der Waals surface area contributed by atoms with Gasteiger partial charge < -0.3 is 0 Å². The molecule has 1 aliphatic rings. The van der Waals surface area contributed by atoms with Gasteiger partial charge in [-0.25, -0.2) is 0 Å². The SMILES string of the molecule is C1=C/C/C=C/CCCCC/C=C/C/1. The van der Waals surface area contributed by atoms with Crippen LogP contribution in [0.15, 0.2) is 36.5 Å². The Hall–Kier alpha value is -0.780. The first-order valence-electron chi connectivity index (χ1n) is 5.45. The van der Waals surface area contributed by atoms with Crippen LogP contribution in [0.3, 0.4) is 0 Å². The molecule has 0 aromatic heterocycles. The van der Waals surface area contributed by atoms with Crippen LogP contribution in [0, 0.1) is 0 Å². The molecule has 0 atom stereocenters. The van der Waals surface area contributed by atoms with Crippen LogP contribution < -0.4 is 0 Å². The van der Waals surface area contributed by atoms with Crippen molar-refractivity contribution >= 4 is 0 Å². The average molecular weight is 176 g/mol. The van der Waals surface area contributed by atoms with E-state index in [1.165, 1.54) is 32.1 Å². The molecule has 0 radical (unpaired) electrons. The summed E-state index contributed by atoms with van der Waals surface area (Å²) in [7, 11) is 0. The fourth-order valence-electron chi connectivity index (χ4n) is 1.48. The summed E-state index contributed by atoms with van der Waals surface area (Å²) in [6.45, 7) is 0. The van der Waals surface area contributed by atoms with Gasteiger partial charge in [0.1, 0.15) is 0 Å². The van der Waals surface area contributed by atoms with Gasteiger partial charge in [-0.2, -0.15) is 0 Å². The van der Waals surface area contributed by atoms with Gasteiger partial charge in [0.05, 0.1) is 0 Å². The lowest BCUT2D eigenvalue weighted by atomic mass is 10.1. The van der Waals surface area contributed by atoms with Crippen LogP contribution in [0.25, 0.3) is 0 Å². The Bertz CT molecular complexity index is 164. The molecule has 0 saturated carbocycles. The summed E-state index contributed by atoms with van der Waals surface area (Å²) in [5.41, 5.74) is 0. The molecule has 0 unspecified atom stereocenters. The average Bonchev–Trinajstić information content (AvgIpc) is 2.18. The topological polar surface area (TPSA) is 0 Å². The van der Waals surface area contributed by atoms with E-state index in [1.807, 2.05) is 0 Å². The number of hydrogen-bond donors (Lipinski definition) is 0. The maximum Gasteiger partial charge on any atom is -0.0169 e. The van der Waals surface area contributed by atoms with Gasteiger partial charge in [0.25, 0.3) is 0 Å². The number of allylic oxidation sites excluding steroid dienone is 6. The molecular formula is C13H20. The summed E-state index contributed by atoms with van der Waals surface area (Å²) in [4.78, 5) is 0. The van der Waals surface area contributed by atoms with E-state index in [0.717, 1.165) is 12.8 Å². The van der Waals surface area contributed by atoms with Crippen LogP contribution in [0.2, 0.25) is 0 Å². The normalized spacial score (nSPS) is 27.7. The lowest BCUT2D eigenvalue weighted by Crippen LogP contribution is -1.74. The Balaban J connectivity index is 2.28. The van der Waals surface area contributed by atoms with E-state index < -0.39 is 0 Å². The molecule has 0 aromatic carbocycles. The molecule has 0 heterocycles. The van der Waals surface area contributed by atoms with E-state index in [0.29, 0.717) is 0 Å². The van der Waals surface area contributed by atoms with Crippen molar-refractivity contribution in [3.8, 4) is 0 Å². The standard InChI is InChI=1S/C13H20/c1-2-4-6-8-10-12-13-11-9-7-5-3-1/h1-2,5-8H,3-4,9-13H2/b2-1+,7-5+,8-6+. The van der Waals surface area contributed by atoms with Gasteiger partial charge >= 0.3 is 0 Å². The predicted octanol–water partition coefficient (Wildman–Crippen LogP) is 4.40. The highest BCUT2D eigenvalue weighted by atomic mass is 13.9. The molecule has 0 bridgehead atoms. The van der Waals surface area contributed by atoms with Gasteiger partial charge in [-0.1, -0.05) is 42.9 Å². The molecule has 1 rings (SSSR count). The molecule has 72 valence electrons. The molecule has 0 spiro atoms. The predicted molar refractivity (Wildman–Crippen MR) is 59.7 cm³/mol. The molecule has 1 aliphatic carbocycles. The molecule has 0 amide bonds. The van der Waals surface area contributed by atoms with Crippen LogP contribution in [0.5, 0.6) is 0 Å². The third-order valence-corrected chi connectivity index (χ3v) is 2.29. The molecule has 0 heteroatoms. The van der Waals surface area contributed by atoms with Crippen molar-refractivity contribution in [1.29, 1.82) is 0 Å². The summed E-state index contributed by atoms with van der Waals surface area (Å²) < 4.78 is 0. The number of rotatable bonds is 0. The monoisotopic (exact) mass is 176 g/mol. The lowest BCUT2D eigenvalue weighted by Gasteiger charge is -1.94. The van der Waals surface area contributed by atoms with Crippen molar-refractivity contribution in [2.45, 2.75) is 44.9 Å². The van der Waals surface area contributed by atoms with Crippen LogP contribution in [0.1, 0.15) is 44.9 Å². The van der Waals surface area contributed by atoms with Gasteiger partial charge in [0.2, 0.25) is 0 Å². The highest BCUT2D eigenvalue weighted by Crippen LogP contribution is 2.06. The first kappa shape index (κ1) is 10.3. The summed E-state index contributed by atoms with van der Waals surface area (Å²) in [5.74, 6) is 0. The Labute approximate surface area is 82.0 Å². The first-order valence-corrected chi connectivity index (χ1v) is 5.45. The Morgan fingerprint density at radius 1 is 0.462 bits per heavy atom. The molecular weight excluding hydrogens is 156 g/mol. The molecule has 13 heavy (non-hydrogen) atoms. The molecule has 0 nitrogen and oxygen atoms in total. The minimum absolute atomic E-state index is 1.10. The largest absolute Gasteiger partial charge is 0.0882 e. The maximum atomic E-state index is 2.32. The van der Waals surface area contributed by atoms with Crippen molar-refractivity contribution in [3.05, 3.63) is 36.5 Å². The minimum Gasteiger partial charge on any atom is -0.0882 e. The van der Waals surface area contributed by atoms with Gasteiger partial charge in [-0.3, -0.25) is 0 Å². The second-order valence-electron chi connectivity index (χ2n) is 3.52. The number of hydrogen-bond acceptors (Lipinski definition) is 0. The Morgan fingerprint density at radius 3 is 1.46 bits per heavy atom. The van der Waals surface area contributed by atoms with E-state index in [-0.39, 0.29) is 0 Å². The van der Waals surface area contributed by atoms with Crippen LogP contribution >= 0.6 is 0 Å². The maximum absolute atomic E-state index is 2.32. The van der Waals surface area contributed by atoms with Crippen molar-refractivity contribution in [3.63, 3.8) is 0 Å². The van der Waals surface area contributed by atoms with Crippen molar-refractivity contribution in [1.82, 2.24) is 0 Å². The van der Waals surface area contributed by atoms with E-state index >= 15 is 0 Å². The van der Waals surface area contributed by atoms with Gasteiger partial charge in [-0.05, 0) is 38.5 Å². The second-order valence-corrected chi connectivity index (χ2v) is 3.52. The van der Waals surface area contributed by atoms with E-state index in [1.54, 1.807) is 0 Å². The van der Waals surface area contributed by atoms with Gasteiger partial charge in [0, 0.05) is 0 Å². The fourth-order valence-corrected chi connectivity index (χ4v) is 1.48. The molecule has 0 fully saturated rings. The van der Waals surface area contributed by atoms with Crippen LogP contribution in [-0.4, -0.2) is 0 Å². The fraction of sp³-hybridized carbons (Fsp3) is 0.538. The summed E-state index contributed by atoms with van der Waals surface area (Å²) in [5, 5.41) is 0. The third-order valence-electron chi connectivity index (χ3n) is 2.29. The molecule has 0 saturated heterocycles. The van der Waals surface area contributed by atoms with Crippen LogP contribution in [0.4, 0.5) is 0 Å². The zero-order valence-corrected chi connectivity index (χ0v) is 8.41. The lowest BCUT2D eigenvalue weighted by molar-refractivity contribution is 0.695. The Morgan fingerprint density at radius 2 is 0.923 bits per heavy atom. The summed E-state index contributed by atoms with van der Waals surface area (Å²) >= 11 is 0. The molecule has 0 aliphatic heterocycles. The quantitative estimate of drug-likeness (QED) is 0.480. The second kappa shape index (κ2) is 7.85. The molecule has 0 N–H and O–H groups in total. The van der Waals surface area contributed by atoms with Crippen molar-refractivity contribution in [2.24, 2.45) is 0 Å². The summed E-state index contributed by atoms with van der Waals surface area (Å²) in [6, 6.07) is 0. The minimum atomic E-state index is 1.10. The Kier molecular flexibility index (Phi) is 6.22.